The molecule has 0 radical (unpaired) electrons. The normalized spacial score (nSPS) is 14.3. The Labute approximate surface area is 167 Å². The number of rotatable bonds is 4. The van der Waals surface area contributed by atoms with E-state index in [0.29, 0.717) is 23.4 Å². The summed E-state index contributed by atoms with van der Waals surface area (Å²) in [6.45, 7) is 0.453. The fourth-order valence-electron chi connectivity index (χ4n) is 4.15. The summed E-state index contributed by atoms with van der Waals surface area (Å²) in [6.07, 6.45) is 0. The van der Waals surface area contributed by atoms with Gasteiger partial charge in [0.25, 0.3) is 5.91 Å². The van der Waals surface area contributed by atoms with Crippen molar-refractivity contribution >= 4 is 16.8 Å². The number of halogens is 1. The maximum absolute atomic E-state index is 14.2. The van der Waals surface area contributed by atoms with Crippen molar-refractivity contribution in [3.05, 3.63) is 101 Å². The van der Waals surface area contributed by atoms with E-state index in [1.807, 2.05) is 54.6 Å². The molecule has 2 heterocycles. The summed E-state index contributed by atoms with van der Waals surface area (Å²) in [6, 6.07) is 21.4. The van der Waals surface area contributed by atoms with Gasteiger partial charge in [0, 0.05) is 28.9 Å². The number of carbonyl (C=O) groups is 1. The van der Waals surface area contributed by atoms with Crippen molar-refractivity contribution in [3.63, 3.8) is 0 Å². The molecule has 0 saturated heterocycles. The molecular weight excluding hydrogens is 367 g/mol. The van der Waals surface area contributed by atoms with Crippen LogP contribution in [0.4, 0.5) is 4.39 Å². The standard InChI is InChI=1S/C24H19FN2O2/c1-29-22-11-10-17(25)13-19(22)23(21-12-15-6-3-5-9-20(15)26-21)27-14-16-7-2-4-8-18(16)24(27)28/h2-13,23,26H,14H2,1H3. The van der Waals surface area contributed by atoms with Crippen molar-refractivity contribution in [2.45, 2.75) is 12.6 Å². The number of aromatic amines is 1. The van der Waals surface area contributed by atoms with Crippen LogP contribution in [0.15, 0.2) is 72.8 Å². The molecule has 1 aliphatic heterocycles. The molecule has 5 rings (SSSR count). The highest BCUT2D eigenvalue weighted by molar-refractivity contribution is 5.99. The van der Waals surface area contributed by atoms with Crippen molar-refractivity contribution in [2.24, 2.45) is 0 Å². The highest BCUT2D eigenvalue weighted by Gasteiger charge is 2.36. The summed E-state index contributed by atoms with van der Waals surface area (Å²) in [4.78, 5) is 18.4. The smallest absolute Gasteiger partial charge is 0.255 e. The van der Waals surface area contributed by atoms with E-state index in [2.05, 4.69) is 4.98 Å². The van der Waals surface area contributed by atoms with E-state index in [1.165, 1.54) is 12.1 Å². The van der Waals surface area contributed by atoms with E-state index in [9.17, 15) is 9.18 Å². The first-order valence-electron chi connectivity index (χ1n) is 9.45. The van der Waals surface area contributed by atoms with Crippen LogP contribution < -0.4 is 4.74 Å². The maximum atomic E-state index is 14.2. The van der Waals surface area contributed by atoms with Gasteiger partial charge in [0.15, 0.2) is 0 Å². The van der Waals surface area contributed by atoms with Crippen LogP contribution in [-0.2, 0) is 6.54 Å². The zero-order valence-corrected chi connectivity index (χ0v) is 15.9. The molecule has 0 bridgehead atoms. The van der Waals surface area contributed by atoms with E-state index >= 15 is 0 Å². The molecule has 5 heteroatoms. The van der Waals surface area contributed by atoms with Crippen molar-refractivity contribution in [3.8, 4) is 5.75 Å². The molecule has 1 N–H and O–H groups in total. The molecule has 0 saturated carbocycles. The number of para-hydroxylation sites is 1. The Morgan fingerprint density at radius 1 is 1.03 bits per heavy atom. The summed E-state index contributed by atoms with van der Waals surface area (Å²) >= 11 is 0. The average Bonchev–Trinajstić information content (AvgIpc) is 3.30. The predicted octanol–water partition coefficient (Wildman–Crippen LogP) is 5.06. The van der Waals surface area contributed by atoms with Crippen molar-refractivity contribution < 1.29 is 13.9 Å². The Balaban J connectivity index is 1.70. The molecule has 0 spiro atoms. The van der Waals surface area contributed by atoms with E-state index in [1.54, 1.807) is 18.1 Å². The second-order valence-electron chi connectivity index (χ2n) is 7.19. The van der Waals surface area contributed by atoms with Crippen molar-refractivity contribution in [1.29, 1.82) is 0 Å². The molecule has 1 aromatic heterocycles. The van der Waals surface area contributed by atoms with Gasteiger partial charge in [-0.05, 0) is 47.3 Å². The Bertz CT molecular complexity index is 1200. The topological polar surface area (TPSA) is 45.3 Å². The number of hydrogen-bond donors (Lipinski definition) is 1. The average molecular weight is 386 g/mol. The monoisotopic (exact) mass is 386 g/mol. The highest BCUT2D eigenvalue weighted by atomic mass is 19.1. The second-order valence-corrected chi connectivity index (χ2v) is 7.19. The first kappa shape index (κ1) is 17.5. The number of aromatic nitrogens is 1. The molecule has 1 atom stereocenters. The van der Waals surface area contributed by atoms with Crippen LogP contribution in [0.3, 0.4) is 0 Å². The zero-order chi connectivity index (χ0) is 20.0. The summed E-state index contributed by atoms with van der Waals surface area (Å²) in [5.74, 6) is 0.0976. The van der Waals surface area contributed by atoms with Crippen molar-refractivity contribution in [2.75, 3.05) is 7.11 Å². The summed E-state index contributed by atoms with van der Waals surface area (Å²) < 4.78 is 19.8. The molecule has 1 amide bonds. The minimum atomic E-state index is -0.507. The van der Waals surface area contributed by atoms with Crippen LogP contribution in [0.2, 0.25) is 0 Å². The van der Waals surface area contributed by atoms with E-state index < -0.39 is 6.04 Å². The van der Waals surface area contributed by atoms with Gasteiger partial charge in [-0.1, -0.05) is 36.4 Å². The molecule has 1 aliphatic rings. The first-order chi connectivity index (χ1) is 14.2. The number of fused-ring (bicyclic) bond motifs is 2. The number of amides is 1. The Hall–Kier alpha value is -3.60. The predicted molar refractivity (Wildman–Crippen MR) is 109 cm³/mol. The van der Waals surface area contributed by atoms with Gasteiger partial charge in [-0.15, -0.1) is 0 Å². The number of hydrogen-bond acceptors (Lipinski definition) is 2. The molecule has 0 fully saturated rings. The number of carbonyl (C=O) groups excluding carboxylic acids is 1. The maximum Gasteiger partial charge on any atom is 0.255 e. The lowest BCUT2D eigenvalue weighted by molar-refractivity contribution is 0.0726. The van der Waals surface area contributed by atoms with Gasteiger partial charge in [-0.2, -0.15) is 0 Å². The van der Waals surface area contributed by atoms with Crippen LogP contribution >= 0.6 is 0 Å². The van der Waals surface area contributed by atoms with Crippen LogP contribution in [0, 0.1) is 5.82 Å². The fourth-order valence-corrected chi connectivity index (χ4v) is 4.15. The first-order valence-corrected chi connectivity index (χ1v) is 9.45. The minimum Gasteiger partial charge on any atom is -0.496 e. The van der Waals surface area contributed by atoms with Crippen LogP contribution in [0.5, 0.6) is 5.75 Å². The number of nitrogens with one attached hydrogen (secondary N) is 1. The Morgan fingerprint density at radius 3 is 2.62 bits per heavy atom. The highest BCUT2D eigenvalue weighted by Crippen LogP contribution is 2.40. The SMILES string of the molecule is COc1ccc(F)cc1C(c1cc2ccccc2[nH]1)N1Cc2ccccc2C1=O. The lowest BCUT2D eigenvalue weighted by Crippen LogP contribution is -2.30. The van der Waals surface area contributed by atoms with Gasteiger partial charge < -0.3 is 14.6 Å². The van der Waals surface area contributed by atoms with E-state index in [-0.39, 0.29) is 11.7 Å². The molecule has 3 aromatic carbocycles. The Kier molecular flexibility index (Phi) is 4.09. The van der Waals surface area contributed by atoms with Crippen LogP contribution in [0.25, 0.3) is 10.9 Å². The third kappa shape index (κ3) is 2.86. The van der Waals surface area contributed by atoms with Gasteiger partial charge in [0.05, 0.1) is 7.11 Å². The third-order valence-electron chi connectivity index (χ3n) is 5.49. The summed E-state index contributed by atoms with van der Waals surface area (Å²) in [5, 5.41) is 1.03. The minimum absolute atomic E-state index is 0.0735. The number of H-pyrrole nitrogens is 1. The number of nitrogens with zero attached hydrogens (tertiary/aromatic N) is 1. The molecule has 0 aliphatic carbocycles. The quantitative estimate of drug-likeness (QED) is 0.533. The van der Waals surface area contributed by atoms with Gasteiger partial charge in [-0.25, -0.2) is 4.39 Å². The summed E-state index contributed by atoms with van der Waals surface area (Å²) in [7, 11) is 1.56. The second kappa shape index (κ2) is 6.78. The van der Waals surface area contributed by atoms with E-state index in [4.69, 9.17) is 4.74 Å². The van der Waals surface area contributed by atoms with Gasteiger partial charge in [0.2, 0.25) is 0 Å². The molecule has 29 heavy (non-hydrogen) atoms. The lowest BCUT2D eigenvalue weighted by Gasteiger charge is -2.29. The van der Waals surface area contributed by atoms with Crippen LogP contribution in [-0.4, -0.2) is 22.9 Å². The molecular formula is C24H19FN2O2. The van der Waals surface area contributed by atoms with Gasteiger partial charge in [0.1, 0.15) is 17.6 Å². The third-order valence-corrected chi connectivity index (χ3v) is 5.49. The zero-order valence-electron chi connectivity index (χ0n) is 15.9. The largest absolute Gasteiger partial charge is 0.496 e. The number of methoxy groups -OCH3 is 1. The Morgan fingerprint density at radius 2 is 1.83 bits per heavy atom. The summed E-state index contributed by atoms with van der Waals surface area (Å²) in [5.41, 5.74) is 4.04. The fraction of sp³-hybridized carbons (Fsp3) is 0.125. The molecule has 4 aromatic rings. The van der Waals surface area contributed by atoms with E-state index in [0.717, 1.165) is 22.2 Å². The molecule has 1 unspecified atom stereocenters. The number of ether oxygens (including phenoxy) is 1. The molecule has 144 valence electrons. The van der Waals surface area contributed by atoms with Gasteiger partial charge >= 0.3 is 0 Å². The number of benzene rings is 3. The van der Waals surface area contributed by atoms with Crippen molar-refractivity contribution in [1.82, 2.24) is 9.88 Å². The van der Waals surface area contributed by atoms with Crippen LogP contribution in [0.1, 0.15) is 33.2 Å². The van der Waals surface area contributed by atoms with Gasteiger partial charge in [-0.3, -0.25) is 4.79 Å². The lowest BCUT2D eigenvalue weighted by atomic mass is 10.0. The molecule has 4 nitrogen and oxygen atoms in total.